The van der Waals surface area contributed by atoms with E-state index >= 15 is 0 Å². The standard InChI is InChI=1S/C21H23Cl2NO3/c1-3-4-10-27-21(26)18-12(2)24-16-6-5-7-17(25)20(16)19(18)13-8-9-14(22)15(23)11-13/h8-9,11,19,24H,3-7,10H2,1-2H3/t19-/m1/s1. The van der Waals surface area contributed by atoms with Crippen LogP contribution in [0.15, 0.2) is 40.7 Å². The molecule has 1 aliphatic heterocycles. The van der Waals surface area contributed by atoms with Crippen molar-refractivity contribution in [1.29, 1.82) is 0 Å². The fourth-order valence-electron chi connectivity index (χ4n) is 3.67. The third kappa shape index (κ3) is 4.07. The topological polar surface area (TPSA) is 55.4 Å². The Labute approximate surface area is 169 Å². The Morgan fingerprint density at radius 2 is 2.04 bits per heavy atom. The zero-order valence-corrected chi connectivity index (χ0v) is 17.0. The molecule has 1 aromatic rings. The van der Waals surface area contributed by atoms with Gasteiger partial charge in [-0.25, -0.2) is 4.79 Å². The van der Waals surface area contributed by atoms with Gasteiger partial charge in [-0.1, -0.05) is 42.6 Å². The molecule has 1 aliphatic carbocycles. The summed E-state index contributed by atoms with van der Waals surface area (Å²) < 4.78 is 5.48. The van der Waals surface area contributed by atoms with Crippen molar-refractivity contribution in [1.82, 2.24) is 5.32 Å². The van der Waals surface area contributed by atoms with E-state index in [1.54, 1.807) is 12.1 Å². The summed E-state index contributed by atoms with van der Waals surface area (Å²) in [6.45, 7) is 4.25. The zero-order chi connectivity index (χ0) is 19.6. The first-order valence-electron chi connectivity index (χ1n) is 9.30. The number of rotatable bonds is 5. The van der Waals surface area contributed by atoms with Crippen LogP contribution >= 0.6 is 23.2 Å². The smallest absolute Gasteiger partial charge is 0.336 e. The maximum absolute atomic E-state index is 12.9. The number of Topliss-reactive ketones (excluding diaryl/α,β-unsaturated/α-hetero) is 1. The van der Waals surface area contributed by atoms with E-state index < -0.39 is 11.9 Å². The normalized spacial score (nSPS) is 19.7. The summed E-state index contributed by atoms with van der Waals surface area (Å²) >= 11 is 12.3. The van der Waals surface area contributed by atoms with E-state index in [-0.39, 0.29) is 5.78 Å². The van der Waals surface area contributed by atoms with Gasteiger partial charge in [0.25, 0.3) is 0 Å². The van der Waals surface area contributed by atoms with E-state index in [4.69, 9.17) is 27.9 Å². The lowest BCUT2D eigenvalue weighted by molar-refractivity contribution is -0.139. The van der Waals surface area contributed by atoms with E-state index in [1.807, 2.05) is 19.9 Å². The number of allylic oxidation sites excluding steroid dienone is 3. The highest BCUT2D eigenvalue weighted by atomic mass is 35.5. The summed E-state index contributed by atoms with van der Waals surface area (Å²) in [6, 6.07) is 5.26. The van der Waals surface area contributed by atoms with E-state index in [0.717, 1.165) is 42.6 Å². The Hall–Kier alpha value is -1.78. The van der Waals surface area contributed by atoms with Gasteiger partial charge in [-0.15, -0.1) is 0 Å². The average molecular weight is 408 g/mol. The second-order valence-electron chi connectivity index (χ2n) is 6.93. The largest absolute Gasteiger partial charge is 0.462 e. The molecule has 1 aromatic carbocycles. The minimum atomic E-state index is -0.488. The molecule has 4 nitrogen and oxygen atoms in total. The number of carbonyl (C=O) groups excluding carboxylic acids is 2. The molecule has 6 heteroatoms. The van der Waals surface area contributed by atoms with Crippen LogP contribution in [-0.4, -0.2) is 18.4 Å². The number of carbonyl (C=O) groups is 2. The lowest BCUT2D eigenvalue weighted by atomic mass is 9.75. The molecule has 1 atom stereocenters. The number of benzene rings is 1. The predicted octanol–water partition coefficient (Wildman–Crippen LogP) is 5.30. The van der Waals surface area contributed by atoms with Crippen molar-refractivity contribution in [2.24, 2.45) is 0 Å². The third-order valence-electron chi connectivity index (χ3n) is 5.00. The molecule has 0 saturated carbocycles. The summed E-state index contributed by atoms with van der Waals surface area (Å²) in [5.41, 5.74) is 3.51. The van der Waals surface area contributed by atoms with Crippen molar-refractivity contribution in [3.8, 4) is 0 Å². The third-order valence-corrected chi connectivity index (χ3v) is 5.74. The molecular weight excluding hydrogens is 385 g/mol. The van der Waals surface area contributed by atoms with Crippen molar-refractivity contribution in [2.45, 2.75) is 51.9 Å². The van der Waals surface area contributed by atoms with E-state index in [9.17, 15) is 9.59 Å². The molecule has 27 heavy (non-hydrogen) atoms. The molecular formula is C21H23Cl2NO3. The molecule has 0 spiro atoms. The maximum atomic E-state index is 12.9. The second kappa shape index (κ2) is 8.49. The van der Waals surface area contributed by atoms with Crippen LogP contribution in [-0.2, 0) is 14.3 Å². The van der Waals surface area contributed by atoms with Crippen molar-refractivity contribution in [3.63, 3.8) is 0 Å². The van der Waals surface area contributed by atoms with Crippen LogP contribution in [0.2, 0.25) is 10.0 Å². The molecule has 0 aromatic heterocycles. The number of hydrogen-bond donors (Lipinski definition) is 1. The molecule has 3 rings (SSSR count). The summed E-state index contributed by atoms with van der Waals surface area (Å²) in [7, 11) is 0. The monoisotopic (exact) mass is 407 g/mol. The first-order chi connectivity index (χ1) is 12.9. The number of esters is 1. The number of nitrogens with one attached hydrogen (secondary N) is 1. The van der Waals surface area contributed by atoms with Gasteiger partial charge in [0.05, 0.1) is 22.2 Å². The SMILES string of the molecule is CCCCOC(=O)C1=C(C)NC2=C(C(=O)CCC2)[C@@H]1c1ccc(Cl)c(Cl)c1. The van der Waals surface area contributed by atoms with Gasteiger partial charge in [-0.2, -0.15) is 0 Å². The molecule has 0 radical (unpaired) electrons. The van der Waals surface area contributed by atoms with Gasteiger partial charge >= 0.3 is 5.97 Å². The summed E-state index contributed by atoms with van der Waals surface area (Å²) in [4.78, 5) is 25.7. The number of unbranched alkanes of at least 4 members (excludes halogenated alkanes) is 1. The first kappa shape index (κ1) is 20.0. The van der Waals surface area contributed by atoms with Crippen LogP contribution in [0.25, 0.3) is 0 Å². The Morgan fingerprint density at radius 1 is 1.26 bits per heavy atom. The molecule has 1 N–H and O–H groups in total. The van der Waals surface area contributed by atoms with Crippen LogP contribution in [0.5, 0.6) is 0 Å². The molecule has 0 fully saturated rings. The Kier molecular flexibility index (Phi) is 6.28. The zero-order valence-electron chi connectivity index (χ0n) is 15.5. The van der Waals surface area contributed by atoms with Crippen LogP contribution in [0.3, 0.4) is 0 Å². The predicted molar refractivity (Wildman–Crippen MR) is 107 cm³/mol. The molecule has 144 valence electrons. The van der Waals surface area contributed by atoms with Crippen LogP contribution in [0.1, 0.15) is 57.4 Å². The van der Waals surface area contributed by atoms with Crippen molar-refractivity contribution in [3.05, 3.63) is 56.3 Å². The first-order valence-corrected chi connectivity index (χ1v) is 10.1. The highest BCUT2D eigenvalue weighted by molar-refractivity contribution is 6.42. The molecule has 2 aliphatic rings. The molecule has 0 unspecified atom stereocenters. The number of dihydropyridines is 1. The number of ether oxygens (including phenoxy) is 1. The van der Waals surface area contributed by atoms with Crippen LogP contribution < -0.4 is 5.32 Å². The van der Waals surface area contributed by atoms with Crippen LogP contribution in [0, 0.1) is 0 Å². The fourth-order valence-corrected chi connectivity index (χ4v) is 3.97. The maximum Gasteiger partial charge on any atom is 0.336 e. The lowest BCUT2D eigenvalue weighted by Gasteiger charge is -2.34. The van der Waals surface area contributed by atoms with Crippen molar-refractivity contribution in [2.75, 3.05) is 6.61 Å². The highest BCUT2D eigenvalue weighted by Gasteiger charge is 2.39. The summed E-state index contributed by atoms with van der Waals surface area (Å²) in [6.07, 6.45) is 3.82. The Bertz CT molecular complexity index is 842. The molecule has 0 amide bonds. The van der Waals surface area contributed by atoms with Gasteiger partial charge in [-0.05, 0) is 43.9 Å². The van der Waals surface area contributed by atoms with E-state index in [1.165, 1.54) is 0 Å². The van der Waals surface area contributed by atoms with E-state index in [0.29, 0.717) is 34.2 Å². The highest BCUT2D eigenvalue weighted by Crippen LogP contribution is 2.43. The minimum Gasteiger partial charge on any atom is -0.462 e. The number of hydrogen-bond acceptors (Lipinski definition) is 4. The average Bonchev–Trinajstić information content (AvgIpc) is 2.63. The fraction of sp³-hybridized carbons (Fsp3) is 0.429. The second-order valence-corrected chi connectivity index (χ2v) is 7.74. The van der Waals surface area contributed by atoms with Crippen LogP contribution in [0.4, 0.5) is 0 Å². The minimum absolute atomic E-state index is 0.0613. The molecule has 1 heterocycles. The van der Waals surface area contributed by atoms with Gasteiger partial charge in [0.1, 0.15) is 0 Å². The van der Waals surface area contributed by atoms with Crippen molar-refractivity contribution >= 4 is 35.0 Å². The Morgan fingerprint density at radius 3 is 2.74 bits per heavy atom. The van der Waals surface area contributed by atoms with Crippen molar-refractivity contribution < 1.29 is 14.3 Å². The quantitative estimate of drug-likeness (QED) is 0.530. The van der Waals surface area contributed by atoms with Gasteiger partial charge < -0.3 is 10.1 Å². The summed E-state index contributed by atoms with van der Waals surface area (Å²) in [5, 5.41) is 4.11. The van der Waals surface area contributed by atoms with Gasteiger partial charge in [0.2, 0.25) is 0 Å². The van der Waals surface area contributed by atoms with E-state index in [2.05, 4.69) is 5.32 Å². The van der Waals surface area contributed by atoms with Gasteiger partial charge in [0.15, 0.2) is 5.78 Å². The van der Waals surface area contributed by atoms with Gasteiger partial charge in [0, 0.05) is 29.3 Å². The summed E-state index contributed by atoms with van der Waals surface area (Å²) in [5.74, 6) is -0.821. The number of ketones is 1. The number of halogens is 2. The lowest BCUT2D eigenvalue weighted by Crippen LogP contribution is -2.34. The Balaban J connectivity index is 2.08. The molecule has 0 bridgehead atoms. The molecule has 0 saturated heterocycles. The van der Waals surface area contributed by atoms with Gasteiger partial charge in [-0.3, -0.25) is 4.79 Å².